The van der Waals surface area contributed by atoms with Gasteiger partial charge in [-0.2, -0.15) is 0 Å². The lowest BCUT2D eigenvalue weighted by Crippen LogP contribution is -2.60. The van der Waals surface area contributed by atoms with Crippen molar-refractivity contribution >= 4 is 11.9 Å². The Morgan fingerprint density at radius 2 is 0.773 bits per heavy atom. The smallest absolute Gasteiger partial charge is 0.305 e. The summed E-state index contributed by atoms with van der Waals surface area (Å²) < 4.78 is 16.7. The van der Waals surface area contributed by atoms with Crippen LogP contribution in [0.3, 0.4) is 0 Å². The summed E-state index contributed by atoms with van der Waals surface area (Å²) >= 11 is 0. The summed E-state index contributed by atoms with van der Waals surface area (Å²) in [5.41, 5.74) is 0. The largest absolute Gasteiger partial charge is 0.466 e. The fraction of sp³-hybridized carbons (Fsp3) is 0.818. The molecule has 512 valence electrons. The van der Waals surface area contributed by atoms with Crippen molar-refractivity contribution in [2.45, 2.75) is 384 Å². The van der Waals surface area contributed by atoms with Gasteiger partial charge in [0.15, 0.2) is 6.29 Å². The van der Waals surface area contributed by atoms with Gasteiger partial charge in [0.2, 0.25) is 5.91 Å². The number of unbranched alkanes of at least 4 members (excludes halogenated alkanes) is 41. The molecule has 6 N–H and O–H groups in total. The van der Waals surface area contributed by atoms with E-state index in [-0.39, 0.29) is 18.5 Å². The van der Waals surface area contributed by atoms with Gasteiger partial charge in [0.1, 0.15) is 24.4 Å². The Morgan fingerprint density at radius 1 is 0.420 bits per heavy atom. The quantitative estimate of drug-likeness (QED) is 0.0195. The average molecular weight is 1240 g/mol. The molecule has 7 atom stereocenters. The molecular weight excluding hydrogens is 1100 g/mol. The van der Waals surface area contributed by atoms with Crippen molar-refractivity contribution in [1.29, 1.82) is 0 Å². The Balaban J connectivity index is 1.99. The number of hydrogen-bond donors (Lipinski definition) is 6. The van der Waals surface area contributed by atoms with Gasteiger partial charge in [0.25, 0.3) is 0 Å². The normalized spacial score (nSPS) is 18.2. The molecule has 0 aromatic rings. The second-order valence-electron chi connectivity index (χ2n) is 25.6. The van der Waals surface area contributed by atoms with Crippen LogP contribution in [0, 0.1) is 0 Å². The average Bonchev–Trinajstić information content (AvgIpc) is 3.45. The third kappa shape index (κ3) is 53.7. The van der Waals surface area contributed by atoms with Gasteiger partial charge >= 0.3 is 5.97 Å². The predicted molar refractivity (Wildman–Crippen MR) is 370 cm³/mol. The van der Waals surface area contributed by atoms with Crippen molar-refractivity contribution in [3.8, 4) is 0 Å². The minimum absolute atomic E-state index is 0.00390. The molecule has 1 rings (SSSR count). The Bertz CT molecular complexity index is 1690. The number of ether oxygens (including phenoxy) is 3. The van der Waals surface area contributed by atoms with Crippen LogP contribution >= 0.6 is 0 Å². The van der Waals surface area contributed by atoms with E-state index in [1.807, 2.05) is 6.08 Å². The zero-order valence-electron chi connectivity index (χ0n) is 56.9. The van der Waals surface area contributed by atoms with Crippen molar-refractivity contribution in [2.75, 3.05) is 19.8 Å². The molecule has 0 aromatic carbocycles. The molecule has 1 amide bonds. The zero-order valence-corrected chi connectivity index (χ0v) is 56.9. The number of rotatable bonds is 65. The first kappa shape index (κ1) is 83.1. The summed E-state index contributed by atoms with van der Waals surface area (Å²) in [6, 6.07) is -0.835. The molecular formula is C77H139NO10. The number of esters is 1. The highest BCUT2D eigenvalue weighted by molar-refractivity contribution is 5.76. The van der Waals surface area contributed by atoms with Crippen LogP contribution in [0.1, 0.15) is 341 Å². The molecule has 0 aromatic heterocycles. The lowest BCUT2D eigenvalue weighted by atomic mass is 9.99. The van der Waals surface area contributed by atoms with Crippen molar-refractivity contribution < 1.29 is 49.3 Å². The number of amides is 1. The van der Waals surface area contributed by atoms with Gasteiger partial charge in [0, 0.05) is 12.8 Å². The first-order chi connectivity index (χ1) is 43.2. The fourth-order valence-electron chi connectivity index (χ4n) is 11.4. The lowest BCUT2D eigenvalue weighted by Gasteiger charge is -2.40. The van der Waals surface area contributed by atoms with Crippen LogP contribution in [0.15, 0.2) is 72.9 Å². The predicted octanol–water partition coefficient (Wildman–Crippen LogP) is 19.5. The molecule has 11 heteroatoms. The van der Waals surface area contributed by atoms with Gasteiger partial charge in [0.05, 0.1) is 32.0 Å². The minimum Gasteiger partial charge on any atom is -0.466 e. The maximum Gasteiger partial charge on any atom is 0.305 e. The molecule has 1 saturated heterocycles. The maximum atomic E-state index is 13.1. The van der Waals surface area contributed by atoms with Crippen LogP contribution in [-0.4, -0.2) is 100 Å². The number of aliphatic hydroxyl groups excluding tert-OH is 5. The van der Waals surface area contributed by atoms with Crippen molar-refractivity contribution in [3.05, 3.63) is 72.9 Å². The van der Waals surface area contributed by atoms with Crippen LogP contribution < -0.4 is 5.32 Å². The number of aliphatic hydroxyl groups is 5. The van der Waals surface area contributed by atoms with E-state index in [9.17, 15) is 35.1 Å². The second-order valence-corrected chi connectivity index (χ2v) is 25.6. The van der Waals surface area contributed by atoms with E-state index in [2.05, 4.69) is 79.9 Å². The summed E-state index contributed by atoms with van der Waals surface area (Å²) in [7, 11) is 0. The highest BCUT2D eigenvalue weighted by atomic mass is 16.7. The summed E-state index contributed by atoms with van der Waals surface area (Å²) in [6.45, 7) is 4.31. The molecule has 0 aliphatic carbocycles. The van der Waals surface area contributed by atoms with E-state index in [1.165, 1.54) is 238 Å². The summed E-state index contributed by atoms with van der Waals surface area (Å²) in [6.07, 6.45) is 79.0. The Hall–Kier alpha value is -2.90. The van der Waals surface area contributed by atoms with Crippen LogP contribution in [0.25, 0.3) is 0 Å². The molecule has 1 fully saturated rings. The summed E-state index contributed by atoms with van der Waals surface area (Å²) in [5, 5.41) is 54.5. The fourth-order valence-corrected chi connectivity index (χ4v) is 11.4. The molecule has 88 heavy (non-hydrogen) atoms. The number of nitrogens with one attached hydrogen (secondary N) is 1. The minimum atomic E-state index is -1.58. The molecule has 0 saturated carbocycles. The van der Waals surface area contributed by atoms with Gasteiger partial charge in [-0.3, -0.25) is 9.59 Å². The topological polar surface area (TPSA) is 175 Å². The van der Waals surface area contributed by atoms with Crippen LogP contribution in [0.4, 0.5) is 0 Å². The van der Waals surface area contributed by atoms with Gasteiger partial charge in [-0.15, -0.1) is 0 Å². The third-order valence-electron chi connectivity index (χ3n) is 17.2. The lowest BCUT2D eigenvalue weighted by molar-refractivity contribution is -0.302. The molecule has 1 heterocycles. The van der Waals surface area contributed by atoms with Crippen LogP contribution in [0.5, 0.6) is 0 Å². The maximum absolute atomic E-state index is 13.1. The number of hydrogen-bond acceptors (Lipinski definition) is 10. The van der Waals surface area contributed by atoms with Crippen LogP contribution in [-0.2, 0) is 23.8 Å². The first-order valence-electron chi connectivity index (χ1n) is 37.2. The molecule has 1 aliphatic heterocycles. The molecule has 1 aliphatic rings. The van der Waals surface area contributed by atoms with Gasteiger partial charge in [-0.1, -0.05) is 286 Å². The van der Waals surface area contributed by atoms with Gasteiger partial charge in [-0.05, 0) is 116 Å². The first-order valence-corrected chi connectivity index (χ1v) is 37.2. The third-order valence-corrected chi connectivity index (χ3v) is 17.2. The van der Waals surface area contributed by atoms with Crippen molar-refractivity contribution in [1.82, 2.24) is 5.32 Å². The standard InChI is InChI=1S/C77H139NO10/c1-3-5-7-9-11-13-15-17-37-40-43-47-51-55-59-63-70(80)69(68-87-77-76(85)75(84)74(83)71(67-79)88-77)78-72(81)64-60-56-52-48-44-41-38-35-33-31-29-27-25-23-21-19-18-20-22-24-26-28-30-32-34-36-39-42-46-50-54-58-62-66-86-73(82)65-61-57-53-49-45-16-14-12-10-8-6-4-2/h12,14-15,17,22,24,28,30,43,47,59,63,69-71,74-77,79-80,83-85H,3-11,13,16,18-21,23,25-27,29,31-42,44-46,48-58,60-62,64-68H2,1-2H3,(H,78,81)/b14-12-,17-15+,24-22-,30-28-,47-43+,63-59+. The SMILES string of the molecule is CCCCC/C=C\CCCCCCCC(=O)OCCCCCCCCCCC/C=C\C/C=C\CCCCCCCCCCCCCCCCCCCC(=O)NC(COC1OC(CO)C(O)C(O)C1O)C(O)/C=C/CC/C=C/CC/C=C/CCCCCCC. The van der Waals surface area contributed by atoms with E-state index in [1.54, 1.807) is 6.08 Å². The van der Waals surface area contributed by atoms with E-state index in [0.29, 0.717) is 19.4 Å². The summed E-state index contributed by atoms with van der Waals surface area (Å²) in [4.78, 5) is 25.1. The zero-order chi connectivity index (χ0) is 63.7. The van der Waals surface area contributed by atoms with Gasteiger partial charge < -0.3 is 45.1 Å². The summed E-state index contributed by atoms with van der Waals surface area (Å²) in [5.74, 6) is -0.198. The van der Waals surface area contributed by atoms with Gasteiger partial charge in [-0.25, -0.2) is 0 Å². The van der Waals surface area contributed by atoms with E-state index in [4.69, 9.17) is 14.2 Å². The highest BCUT2D eigenvalue weighted by Crippen LogP contribution is 2.23. The van der Waals surface area contributed by atoms with E-state index in [0.717, 1.165) is 77.0 Å². The van der Waals surface area contributed by atoms with E-state index >= 15 is 0 Å². The van der Waals surface area contributed by atoms with Crippen molar-refractivity contribution in [2.24, 2.45) is 0 Å². The molecule has 0 spiro atoms. The molecule has 0 bridgehead atoms. The molecule has 11 nitrogen and oxygen atoms in total. The second kappa shape index (κ2) is 65.6. The Kier molecular flexibility index (Phi) is 61.9. The molecule has 7 unspecified atom stereocenters. The Labute approximate surface area is 541 Å². The number of allylic oxidation sites excluding steroid dienone is 11. The van der Waals surface area contributed by atoms with Crippen LogP contribution in [0.2, 0.25) is 0 Å². The van der Waals surface area contributed by atoms with Crippen molar-refractivity contribution in [3.63, 3.8) is 0 Å². The monoisotopic (exact) mass is 1240 g/mol. The van der Waals surface area contributed by atoms with E-state index < -0.39 is 49.5 Å². The Morgan fingerprint density at radius 3 is 1.22 bits per heavy atom. The number of carbonyl (C=O) groups excluding carboxylic acids is 2. The highest BCUT2D eigenvalue weighted by Gasteiger charge is 2.44. The molecule has 0 radical (unpaired) electrons. The number of carbonyl (C=O) groups is 2.